The van der Waals surface area contributed by atoms with Gasteiger partial charge in [0.05, 0.1) is 5.21 Å². The summed E-state index contributed by atoms with van der Waals surface area (Å²) >= 11 is 0. The van der Waals surface area contributed by atoms with Crippen LogP contribution in [0.1, 0.15) is 0 Å². The molecule has 1 aromatic heterocycles. The van der Waals surface area contributed by atoms with Gasteiger partial charge in [0.1, 0.15) is 5.82 Å². The molecule has 2 aromatic rings. The summed E-state index contributed by atoms with van der Waals surface area (Å²) in [4.78, 5) is 0.434. The second-order valence-corrected chi connectivity index (χ2v) is 2.51. The highest BCUT2D eigenvalue weighted by Gasteiger charge is 2.03. The highest BCUT2D eigenvalue weighted by molar-refractivity contribution is 5.29. The minimum atomic E-state index is -0.314. The summed E-state index contributed by atoms with van der Waals surface area (Å²) in [6, 6.07) is 5.71. The third kappa shape index (κ3) is 1.48. The maximum atomic E-state index is 12.5. The first-order valence-electron chi connectivity index (χ1n) is 3.67. The maximum Gasteiger partial charge on any atom is 0.162 e. The predicted octanol–water partition coefficient (Wildman–Crippen LogP) is 0.645. The molecule has 1 heterocycles. The lowest BCUT2D eigenvalue weighted by molar-refractivity contribution is -0.670. The van der Waals surface area contributed by atoms with Crippen molar-refractivity contribution >= 4 is 0 Å². The molecule has 1 aromatic carbocycles. The van der Waals surface area contributed by atoms with Gasteiger partial charge in [-0.15, -0.1) is 9.53 Å². The largest absolute Gasteiger partial charge is 0.691 e. The zero-order valence-corrected chi connectivity index (χ0v) is 6.59. The molecule has 0 saturated heterocycles. The van der Waals surface area contributed by atoms with Gasteiger partial charge >= 0.3 is 0 Å². The average Bonchev–Trinajstić information content (AvgIpc) is 2.53. The van der Waals surface area contributed by atoms with Crippen molar-refractivity contribution in [3.63, 3.8) is 0 Å². The summed E-state index contributed by atoms with van der Waals surface area (Å²) in [5, 5.41) is 14.2. The van der Waals surface area contributed by atoms with Gasteiger partial charge in [-0.05, 0) is 24.3 Å². The SMILES string of the molecule is [O-][n+]1ccn(-c2ccc(F)cc2)n1. The molecule has 0 N–H and O–H groups in total. The Morgan fingerprint density at radius 1 is 1.31 bits per heavy atom. The van der Waals surface area contributed by atoms with Gasteiger partial charge in [-0.25, -0.2) is 4.39 Å². The second-order valence-electron chi connectivity index (χ2n) is 2.51. The Hall–Kier alpha value is -1.91. The molecule has 2 rings (SSSR count). The van der Waals surface area contributed by atoms with Crippen molar-refractivity contribution < 1.29 is 9.24 Å². The zero-order valence-electron chi connectivity index (χ0n) is 6.59. The van der Waals surface area contributed by atoms with Crippen molar-refractivity contribution in [3.8, 4) is 5.69 Å². The van der Waals surface area contributed by atoms with Gasteiger partial charge in [0.2, 0.25) is 0 Å². The molecule has 66 valence electrons. The summed E-state index contributed by atoms with van der Waals surface area (Å²) in [5.41, 5.74) is 0.649. The number of hydrogen-bond donors (Lipinski definition) is 0. The Balaban J connectivity index is 2.41. The van der Waals surface area contributed by atoms with E-state index in [4.69, 9.17) is 0 Å². The van der Waals surface area contributed by atoms with Crippen molar-refractivity contribution in [2.45, 2.75) is 0 Å². The van der Waals surface area contributed by atoms with E-state index in [0.29, 0.717) is 10.5 Å². The van der Waals surface area contributed by atoms with Crippen LogP contribution >= 0.6 is 0 Å². The fourth-order valence-electron chi connectivity index (χ4n) is 1.01. The predicted molar refractivity (Wildman–Crippen MR) is 42.5 cm³/mol. The van der Waals surface area contributed by atoms with Crippen LogP contribution in [0.5, 0.6) is 0 Å². The van der Waals surface area contributed by atoms with E-state index in [1.165, 1.54) is 29.2 Å². The molecule has 0 bridgehead atoms. The van der Waals surface area contributed by atoms with Gasteiger partial charge in [0, 0.05) is 0 Å². The molecule has 5 heteroatoms. The number of rotatable bonds is 1. The van der Waals surface area contributed by atoms with E-state index in [9.17, 15) is 9.60 Å². The standard InChI is InChI=1S/C8H6FN3O/c9-7-1-3-8(4-2-7)11-5-6-12(13)10-11/h1-6H. The molecule has 4 nitrogen and oxygen atoms in total. The topological polar surface area (TPSA) is 44.8 Å². The van der Waals surface area contributed by atoms with Crippen LogP contribution in [0.4, 0.5) is 4.39 Å². The summed E-state index contributed by atoms with van der Waals surface area (Å²) < 4.78 is 13.9. The Labute approximate surface area is 73.4 Å². The van der Waals surface area contributed by atoms with Crippen molar-refractivity contribution in [1.29, 1.82) is 0 Å². The lowest BCUT2D eigenvalue weighted by atomic mass is 10.3. The molecule has 0 amide bonds. The van der Waals surface area contributed by atoms with Crippen LogP contribution in [0.25, 0.3) is 5.69 Å². The highest BCUT2D eigenvalue weighted by Crippen LogP contribution is 2.05. The number of aromatic nitrogens is 3. The molecule has 0 unspecified atom stereocenters. The molecular formula is C8H6FN3O. The first-order valence-corrected chi connectivity index (χ1v) is 3.67. The van der Waals surface area contributed by atoms with Crippen LogP contribution in [-0.4, -0.2) is 9.90 Å². The van der Waals surface area contributed by atoms with Gasteiger partial charge in [0.25, 0.3) is 0 Å². The fraction of sp³-hybridized carbons (Fsp3) is 0. The van der Waals surface area contributed by atoms with E-state index in [2.05, 4.69) is 5.21 Å². The molecule has 13 heavy (non-hydrogen) atoms. The third-order valence-electron chi connectivity index (χ3n) is 1.61. The summed E-state index contributed by atoms with van der Waals surface area (Å²) in [6.45, 7) is 0. The molecule has 0 saturated carbocycles. The van der Waals surface area contributed by atoms with E-state index in [1.54, 1.807) is 12.1 Å². The molecular weight excluding hydrogens is 173 g/mol. The van der Waals surface area contributed by atoms with E-state index in [1.807, 2.05) is 0 Å². The van der Waals surface area contributed by atoms with E-state index in [-0.39, 0.29) is 5.82 Å². The highest BCUT2D eigenvalue weighted by atomic mass is 19.1. The minimum Gasteiger partial charge on any atom is -0.691 e. The van der Waals surface area contributed by atoms with Crippen LogP contribution in [0.3, 0.4) is 0 Å². The van der Waals surface area contributed by atoms with Crippen molar-refractivity contribution in [3.05, 3.63) is 47.7 Å². The quantitative estimate of drug-likeness (QED) is 0.476. The number of hydrogen-bond acceptors (Lipinski definition) is 2. The van der Waals surface area contributed by atoms with Crippen LogP contribution < -0.4 is 4.85 Å². The Kier molecular flexibility index (Phi) is 1.70. The first kappa shape index (κ1) is 7.72. The maximum absolute atomic E-state index is 12.5. The Morgan fingerprint density at radius 3 is 2.54 bits per heavy atom. The summed E-state index contributed by atoms with van der Waals surface area (Å²) in [7, 11) is 0. The summed E-state index contributed by atoms with van der Waals surface area (Å²) in [6.07, 6.45) is 2.77. The lowest BCUT2D eigenvalue weighted by Gasteiger charge is -1.92. The monoisotopic (exact) mass is 179 g/mol. The van der Waals surface area contributed by atoms with Crippen LogP contribution in [0.2, 0.25) is 0 Å². The molecule has 0 atom stereocenters. The van der Waals surface area contributed by atoms with Crippen LogP contribution in [0, 0.1) is 11.0 Å². The van der Waals surface area contributed by atoms with Crippen LogP contribution in [-0.2, 0) is 0 Å². The molecule has 0 aliphatic carbocycles. The number of benzene rings is 1. The van der Waals surface area contributed by atoms with Crippen molar-refractivity contribution in [2.75, 3.05) is 0 Å². The third-order valence-corrected chi connectivity index (χ3v) is 1.61. The van der Waals surface area contributed by atoms with Crippen LogP contribution in [0.15, 0.2) is 36.7 Å². The molecule has 0 aliphatic heterocycles. The lowest BCUT2D eigenvalue weighted by Crippen LogP contribution is -2.27. The van der Waals surface area contributed by atoms with Crippen molar-refractivity contribution in [1.82, 2.24) is 9.90 Å². The molecule has 0 spiro atoms. The smallest absolute Gasteiger partial charge is 0.162 e. The Morgan fingerprint density at radius 2 is 2.00 bits per heavy atom. The van der Waals surface area contributed by atoms with Crippen molar-refractivity contribution in [2.24, 2.45) is 0 Å². The summed E-state index contributed by atoms with van der Waals surface area (Å²) in [5.74, 6) is -0.314. The average molecular weight is 179 g/mol. The first-order chi connectivity index (χ1) is 6.25. The van der Waals surface area contributed by atoms with Gasteiger partial charge in [-0.3, -0.25) is 0 Å². The van der Waals surface area contributed by atoms with Gasteiger partial charge in [0.15, 0.2) is 18.1 Å². The normalized spacial score (nSPS) is 10.2. The van der Waals surface area contributed by atoms with E-state index >= 15 is 0 Å². The fourth-order valence-corrected chi connectivity index (χ4v) is 1.01. The molecule has 0 fully saturated rings. The number of halogens is 1. The van der Waals surface area contributed by atoms with E-state index < -0.39 is 0 Å². The van der Waals surface area contributed by atoms with E-state index in [0.717, 1.165) is 0 Å². The zero-order chi connectivity index (χ0) is 9.26. The second kappa shape index (κ2) is 2.85. The number of nitrogens with zero attached hydrogens (tertiary/aromatic N) is 3. The van der Waals surface area contributed by atoms with Gasteiger partial charge < -0.3 is 5.21 Å². The minimum absolute atomic E-state index is 0.314. The van der Waals surface area contributed by atoms with Gasteiger partial charge in [-0.2, -0.15) is 0 Å². The molecule has 0 radical (unpaired) electrons. The molecule has 0 aliphatic rings. The Bertz CT molecular complexity index is 410. The van der Waals surface area contributed by atoms with Gasteiger partial charge in [-0.1, -0.05) is 0 Å².